The van der Waals surface area contributed by atoms with Gasteiger partial charge < -0.3 is 14.2 Å². The molecule has 4 aromatic rings. The number of hydrogen-bond donors (Lipinski definition) is 0. The molecule has 0 heterocycles. The highest BCUT2D eigenvalue weighted by molar-refractivity contribution is 5.88. The van der Waals surface area contributed by atoms with E-state index in [1.807, 2.05) is 78.9 Å². The summed E-state index contributed by atoms with van der Waals surface area (Å²) in [5, 5.41) is 4.51. The molecule has 0 saturated heterocycles. The fourth-order valence-corrected chi connectivity index (χ4v) is 3.92. The molecule has 0 aromatic heterocycles. The van der Waals surface area contributed by atoms with Crippen molar-refractivity contribution in [2.45, 2.75) is 38.5 Å². The summed E-state index contributed by atoms with van der Waals surface area (Å²) in [6.07, 6.45) is 3.04. The van der Waals surface area contributed by atoms with Crippen molar-refractivity contribution in [3.63, 3.8) is 0 Å². The van der Waals surface area contributed by atoms with Gasteiger partial charge in [0.15, 0.2) is 0 Å². The SMILES string of the molecule is O=C(CCCCOc1ccc2ccccc2c1)OC(=O)CCCCOc1cccc2ccccc12. The average Bonchev–Trinajstić information content (AvgIpc) is 2.88. The number of unbranched alkanes of at least 4 members (excludes halogenated alkanes) is 2. The van der Waals surface area contributed by atoms with E-state index in [9.17, 15) is 9.59 Å². The third-order valence-electron chi connectivity index (χ3n) is 5.78. The molecule has 0 aliphatic rings. The molecule has 0 unspecified atom stereocenters. The van der Waals surface area contributed by atoms with Gasteiger partial charge in [-0.3, -0.25) is 9.59 Å². The van der Waals surface area contributed by atoms with Crippen molar-refractivity contribution in [1.29, 1.82) is 0 Å². The van der Waals surface area contributed by atoms with Gasteiger partial charge in [0.05, 0.1) is 13.2 Å². The monoisotopic (exact) mass is 470 g/mol. The van der Waals surface area contributed by atoms with Crippen LogP contribution in [0.2, 0.25) is 0 Å². The largest absolute Gasteiger partial charge is 0.494 e. The van der Waals surface area contributed by atoms with Crippen molar-refractivity contribution in [2.24, 2.45) is 0 Å². The summed E-state index contributed by atoms with van der Waals surface area (Å²) in [7, 11) is 0. The van der Waals surface area contributed by atoms with Crippen molar-refractivity contribution < 1.29 is 23.8 Å². The maximum atomic E-state index is 11.9. The van der Waals surface area contributed by atoms with Crippen LogP contribution >= 0.6 is 0 Å². The van der Waals surface area contributed by atoms with Gasteiger partial charge in [0.25, 0.3) is 0 Å². The van der Waals surface area contributed by atoms with Crippen LogP contribution < -0.4 is 9.47 Å². The first-order valence-corrected chi connectivity index (χ1v) is 12.1. The number of esters is 2. The Balaban J connectivity index is 1.05. The lowest BCUT2D eigenvalue weighted by Gasteiger charge is -2.09. The van der Waals surface area contributed by atoms with Gasteiger partial charge in [-0.1, -0.05) is 66.7 Å². The standard InChI is InChI=1S/C30H30O5/c31-29(16-5-7-20-33-26-19-18-23-10-1-2-12-25(23)22-26)35-30(32)17-6-8-21-34-28-15-9-13-24-11-3-4-14-27(24)28/h1-4,9-15,18-19,22H,5-8,16-17,20-21H2. The molecule has 5 nitrogen and oxygen atoms in total. The van der Waals surface area contributed by atoms with Crippen LogP contribution in [0.5, 0.6) is 11.5 Å². The van der Waals surface area contributed by atoms with E-state index in [0.717, 1.165) is 27.7 Å². The van der Waals surface area contributed by atoms with Crippen LogP contribution in [0.1, 0.15) is 38.5 Å². The number of benzene rings is 4. The molecule has 0 aliphatic heterocycles. The molecule has 180 valence electrons. The molecule has 0 amide bonds. The molecule has 4 rings (SSSR count). The normalized spacial score (nSPS) is 10.9. The summed E-state index contributed by atoms with van der Waals surface area (Å²) in [5.74, 6) is 0.691. The molecular formula is C30H30O5. The maximum absolute atomic E-state index is 11.9. The van der Waals surface area contributed by atoms with Crippen molar-refractivity contribution in [3.05, 3.63) is 84.9 Å². The zero-order valence-corrected chi connectivity index (χ0v) is 19.8. The van der Waals surface area contributed by atoms with E-state index in [1.165, 1.54) is 5.39 Å². The van der Waals surface area contributed by atoms with Gasteiger partial charge >= 0.3 is 11.9 Å². The van der Waals surface area contributed by atoms with Gasteiger partial charge in [-0.2, -0.15) is 0 Å². The Bertz CT molecular complexity index is 1270. The first-order chi connectivity index (χ1) is 17.2. The summed E-state index contributed by atoms with van der Waals surface area (Å²) in [4.78, 5) is 23.9. The molecule has 0 bridgehead atoms. The van der Waals surface area contributed by atoms with Crippen molar-refractivity contribution in [2.75, 3.05) is 13.2 Å². The summed E-state index contributed by atoms with van der Waals surface area (Å²) in [6, 6.07) is 28.1. The summed E-state index contributed by atoms with van der Waals surface area (Å²) in [5.41, 5.74) is 0. The van der Waals surface area contributed by atoms with Crippen LogP contribution in [-0.2, 0) is 14.3 Å². The number of ether oxygens (including phenoxy) is 3. The fraction of sp³-hybridized carbons (Fsp3) is 0.267. The van der Waals surface area contributed by atoms with Gasteiger partial charge in [0.1, 0.15) is 11.5 Å². The van der Waals surface area contributed by atoms with Gasteiger partial charge in [-0.05, 0) is 60.0 Å². The third-order valence-corrected chi connectivity index (χ3v) is 5.78. The Hall–Kier alpha value is -3.86. The van der Waals surface area contributed by atoms with Crippen LogP contribution in [0.4, 0.5) is 0 Å². The Morgan fingerprint density at radius 2 is 1.20 bits per heavy atom. The number of hydrogen-bond acceptors (Lipinski definition) is 5. The van der Waals surface area contributed by atoms with Crippen LogP contribution in [0.25, 0.3) is 21.5 Å². The topological polar surface area (TPSA) is 61.8 Å². The minimum atomic E-state index is -0.479. The predicted octanol–water partition coefficient (Wildman–Crippen LogP) is 6.86. The number of fused-ring (bicyclic) bond motifs is 2. The molecule has 0 fully saturated rings. The number of carbonyl (C=O) groups excluding carboxylic acids is 2. The number of carbonyl (C=O) groups is 2. The minimum absolute atomic E-state index is 0.204. The Labute approximate surface area is 205 Å². The molecule has 4 aromatic carbocycles. The van der Waals surface area contributed by atoms with E-state index in [0.29, 0.717) is 38.9 Å². The average molecular weight is 471 g/mol. The summed E-state index contributed by atoms with van der Waals surface area (Å²) < 4.78 is 16.6. The van der Waals surface area contributed by atoms with Crippen molar-refractivity contribution >= 4 is 33.5 Å². The first kappa shape index (κ1) is 24.3. The highest BCUT2D eigenvalue weighted by atomic mass is 16.6. The summed E-state index contributed by atoms with van der Waals surface area (Å²) >= 11 is 0. The summed E-state index contributed by atoms with van der Waals surface area (Å²) in [6.45, 7) is 1.02. The Morgan fingerprint density at radius 1 is 0.571 bits per heavy atom. The second-order valence-electron chi connectivity index (χ2n) is 8.44. The van der Waals surface area contributed by atoms with Crippen LogP contribution in [0.15, 0.2) is 84.9 Å². The van der Waals surface area contributed by atoms with Crippen molar-refractivity contribution in [1.82, 2.24) is 0 Å². The van der Waals surface area contributed by atoms with Gasteiger partial charge in [-0.25, -0.2) is 0 Å². The highest BCUT2D eigenvalue weighted by Gasteiger charge is 2.10. The van der Waals surface area contributed by atoms with Crippen LogP contribution in [0.3, 0.4) is 0 Å². The second kappa shape index (κ2) is 12.6. The van der Waals surface area contributed by atoms with Gasteiger partial charge in [0.2, 0.25) is 0 Å². The van der Waals surface area contributed by atoms with E-state index < -0.39 is 11.9 Å². The van der Waals surface area contributed by atoms with Crippen LogP contribution in [-0.4, -0.2) is 25.2 Å². The molecule has 0 aliphatic carbocycles. The van der Waals surface area contributed by atoms with E-state index in [2.05, 4.69) is 6.07 Å². The lowest BCUT2D eigenvalue weighted by molar-refractivity contribution is -0.159. The highest BCUT2D eigenvalue weighted by Crippen LogP contribution is 2.25. The second-order valence-corrected chi connectivity index (χ2v) is 8.44. The number of rotatable bonds is 12. The van der Waals surface area contributed by atoms with E-state index in [4.69, 9.17) is 14.2 Å². The molecule has 5 heteroatoms. The smallest absolute Gasteiger partial charge is 0.313 e. The van der Waals surface area contributed by atoms with E-state index >= 15 is 0 Å². The molecule has 35 heavy (non-hydrogen) atoms. The minimum Gasteiger partial charge on any atom is -0.494 e. The predicted molar refractivity (Wildman–Crippen MR) is 138 cm³/mol. The molecule has 0 saturated carbocycles. The van der Waals surface area contributed by atoms with Crippen molar-refractivity contribution in [3.8, 4) is 11.5 Å². The Morgan fingerprint density at radius 3 is 1.97 bits per heavy atom. The lowest BCUT2D eigenvalue weighted by atomic mass is 10.1. The van der Waals surface area contributed by atoms with Gasteiger partial charge in [-0.15, -0.1) is 0 Å². The molecule has 0 N–H and O–H groups in total. The van der Waals surface area contributed by atoms with E-state index in [-0.39, 0.29) is 12.8 Å². The molecule has 0 spiro atoms. The third kappa shape index (κ3) is 7.31. The fourth-order valence-electron chi connectivity index (χ4n) is 3.92. The maximum Gasteiger partial charge on any atom is 0.313 e. The zero-order chi connectivity index (χ0) is 24.3. The lowest BCUT2D eigenvalue weighted by Crippen LogP contribution is -2.12. The van der Waals surface area contributed by atoms with Gasteiger partial charge in [0, 0.05) is 18.2 Å². The molecule has 0 radical (unpaired) electrons. The van der Waals surface area contributed by atoms with E-state index in [1.54, 1.807) is 0 Å². The first-order valence-electron chi connectivity index (χ1n) is 12.1. The molecular weight excluding hydrogens is 440 g/mol. The zero-order valence-electron chi connectivity index (χ0n) is 19.8. The Kier molecular flexibility index (Phi) is 8.71. The van der Waals surface area contributed by atoms with Crippen LogP contribution in [0, 0.1) is 0 Å². The molecule has 0 atom stereocenters. The quantitative estimate of drug-likeness (QED) is 0.129.